The summed E-state index contributed by atoms with van der Waals surface area (Å²) < 4.78 is 7.03. The smallest absolute Gasteiger partial charge is 0.350 e. The van der Waals surface area contributed by atoms with E-state index in [1.54, 1.807) is 10.6 Å². The van der Waals surface area contributed by atoms with Gasteiger partial charge in [0, 0.05) is 12.6 Å². The summed E-state index contributed by atoms with van der Waals surface area (Å²) in [6, 6.07) is 2.00. The van der Waals surface area contributed by atoms with Gasteiger partial charge in [-0.05, 0) is 0 Å². The molecule has 3 heterocycles. The first-order valence-corrected chi connectivity index (χ1v) is 5.25. The second kappa shape index (κ2) is 3.21. The summed E-state index contributed by atoms with van der Waals surface area (Å²) in [5.41, 5.74) is -0.271. The molecule has 0 radical (unpaired) electrons. The monoisotopic (exact) mass is 227 g/mol. The lowest BCUT2D eigenvalue weighted by Gasteiger charge is -2.30. The Labute approximate surface area is 91.2 Å². The summed E-state index contributed by atoms with van der Waals surface area (Å²) in [5, 5.41) is 0.262. The Morgan fingerprint density at radius 3 is 3.33 bits per heavy atom. The quantitative estimate of drug-likeness (QED) is 0.591. The Kier molecular flexibility index (Phi) is 1.97. The van der Waals surface area contributed by atoms with Crippen molar-refractivity contribution in [2.24, 2.45) is 0 Å². The van der Waals surface area contributed by atoms with E-state index in [-0.39, 0.29) is 16.9 Å². The first kappa shape index (κ1) is 9.18. The highest BCUT2D eigenvalue weighted by Gasteiger charge is 2.32. The lowest BCUT2D eigenvalue weighted by Crippen LogP contribution is -2.43. The molecule has 1 atom stereocenters. The van der Waals surface area contributed by atoms with E-state index >= 15 is 0 Å². The third-order valence-electron chi connectivity index (χ3n) is 2.87. The second-order valence-electron chi connectivity index (χ2n) is 3.75. The molecular formula is C9H10ClN3O2. The molecule has 0 saturated carbocycles. The van der Waals surface area contributed by atoms with Gasteiger partial charge in [-0.2, -0.15) is 4.98 Å². The topological polar surface area (TPSA) is 47.4 Å². The Hall–Kier alpha value is -1.07. The van der Waals surface area contributed by atoms with Crippen LogP contribution in [0.2, 0.25) is 5.15 Å². The standard InChI is InChI=1S/C9H10ClN3O2/c10-7-3-8-12-1-2-15-5-6(12)4-13(8)9(14)11-7/h3,6H,1-2,4-5H2/t6-/m0/s1. The summed E-state index contributed by atoms with van der Waals surface area (Å²) in [6.07, 6.45) is 0. The van der Waals surface area contributed by atoms with Gasteiger partial charge in [0.15, 0.2) is 0 Å². The number of halogens is 1. The van der Waals surface area contributed by atoms with Gasteiger partial charge in [0.2, 0.25) is 0 Å². The van der Waals surface area contributed by atoms with Gasteiger partial charge >= 0.3 is 5.69 Å². The normalized spacial score (nSPS) is 23.8. The van der Waals surface area contributed by atoms with Crippen LogP contribution >= 0.6 is 11.6 Å². The van der Waals surface area contributed by atoms with Crippen molar-refractivity contribution in [3.8, 4) is 0 Å². The van der Waals surface area contributed by atoms with E-state index < -0.39 is 0 Å². The molecule has 1 aromatic rings. The number of morpholine rings is 1. The maximum atomic E-state index is 11.6. The van der Waals surface area contributed by atoms with Crippen molar-refractivity contribution < 1.29 is 4.74 Å². The third kappa shape index (κ3) is 1.34. The van der Waals surface area contributed by atoms with Crippen LogP contribution in [0.15, 0.2) is 10.9 Å². The van der Waals surface area contributed by atoms with Crippen molar-refractivity contribution in [3.05, 3.63) is 21.7 Å². The fourth-order valence-electron chi connectivity index (χ4n) is 2.19. The average molecular weight is 228 g/mol. The van der Waals surface area contributed by atoms with Crippen LogP contribution in [-0.4, -0.2) is 35.4 Å². The molecule has 15 heavy (non-hydrogen) atoms. The zero-order valence-corrected chi connectivity index (χ0v) is 8.78. The number of hydrogen-bond donors (Lipinski definition) is 0. The zero-order chi connectivity index (χ0) is 10.4. The third-order valence-corrected chi connectivity index (χ3v) is 3.07. The van der Waals surface area contributed by atoms with Gasteiger partial charge in [-0.15, -0.1) is 0 Å². The Bertz CT molecular complexity index is 459. The Balaban J connectivity index is 2.12. The summed E-state index contributed by atoms with van der Waals surface area (Å²) in [7, 11) is 0. The summed E-state index contributed by atoms with van der Waals surface area (Å²) in [5.74, 6) is 0.869. The number of rotatable bonds is 0. The van der Waals surface area contributed by atoms with E-state index in [0.717, 1.165) is 12.4 Å². The number of aromatic nitrogens is 2. The largest absolute Gasteiger partial charge is 0.377 e. The summed E-state index contributed by atoms with van der Waals surface area (Å²) in [4.78, 5) is 17.4. The minimum absolute atomic E-state index is 0.256. The highest BCUT2D eigenvalue weighted by molar-refractivity contribution is 6.29. The molecule has 1 aromatic heterocycles. The number of anilines is 1. The molecule has 5 nitrogen and oxygen atoms in total. The van der Waals surface area contributed by atoms with Crippen molar-refractivity contribution >= 4 is 17.4 Å². The molecule has 0 N–H and O–H groups in total. The van der Waals surface area contributed by atoms with Crippen molar-refractivity contribution in [2.45, 2.75) is 12.6 Å². The van der Waals surface area contributed by atoms with E-state index in [1.165, 1.54) is 0 Å². The van der Waals surface area contributed by atoms with Crippen LogP contribution in [0.1, 0.15) is 0 Å². The van der Waals surface area contributed by atoms with Crippen LogP contribution < -0.4 is 10.6 Å². The predicted molar refractivity (Wildman–Crippen MR) is 55.5 cm³/mol. The highest BCUT2D eigenvalue weighted by Crippen LogP contribution is 2.27. The molecule has 2 aliphatic heterocycles. The molecule has 0 bridgehead atoms. The van der Waals surface area contributed by atoms with E-state index in [1.807, 2.05) is 0 Å². The molecule has 0 aliphatic carbocycles. The van der Waals surface area contributed by atoms with Gasteiger partial charge in [0.1, 0.15) is 11.0 Å². The van der Waals surface area contributed by atoms with E-state index in [4.69, 9.17) is 16.3 Å². The first-order chi connectivity index (χ1) is 7.25. The first-order valence-electron chi connectivity index (χ1n) is 4.87. The molecule has 6 heteroatoms. The van der Waals surface area contributed by atoms with Gasteiger partial charge in [-0.1, -0.05) is 11.6 Å². The molecule has 0 aromatic carbocycles. The molecule has 80 valence electrons. The van der Waals surface area contributed by atoms with Gasteiger partial charge in [0.25, 0.3) is 0 Å². The zero-order valence-electron chi connectivity index (χ0n) is 8.02. The number of nitrogens with zero attached hydrogens (tertiary/aromatic N) is 3. The number of ether oxygens (including phenoxy) is 1. The fraction of sp³-hybridized carbons (Fsp3) is 0.556. The molecule has 2 aliphatic rings. The summed E-state index contributed by atoms with van der Waals surface area (Å²) >= 11 is 5.78. The van der Waals surface area contributed by atoms with Crippen LogP contribution in [0.4, 0.5) is 5.82 Å². The molecule has 1 saturated heterocycles. The van der Waals surface area contributed by atoms with Crippen LogP contribution in [0.25, 0.3) is 0 Å². The van der Waals surface area contributed by atoms with E-state index in [0.29, 0.717) is 19.8 Å². The van der Waals surface area contributed by atoms with Crippen LogP contribution in [0, 0.1) is 0 Å². The second-order valence-corrected chi connectivity index (χ2v) is 4.14. The van der Waals surface area contributed by atoms with Crippen molar-refractivity contribution in [1.29, 1.82) is 0 Å². The Morgan fingerprint density at radius 1 is 1.60 bits per heavy atom. The summed E-state index contributed by atoms with van der Waals surface area (Å²) in [6.45, 7) is 2.83. The van der Waals surface area contributed by atoms with Crippen molar-refractivity contribution in [3.63, 3.8) is 0 Å². The highest BCUT2D eigenvalue weighted by atomic mass is 35.5. The molecule has 0 unspecified atom stereocenters. The van der Waals surface area contributed by atoms with E-state index in [2.05, 4.69) is 9.88 Å². The molecule has 0 amide bonds. The average Bonchev–Trinajstić information content (AvgIpc) is 2.57. The predicted octanol–water partition coefficient (Wildman–Crippen LogP) is 0.115. The number of fused-ring (bicyclic) bond motifs is 3. The minimum atomic E-state index is -0.271. The van der Waals surface area contributed by atoms with Crippen LogP contribution in [0.3, 0.4) is 0 Å². The molecule has 1 fully saturated rings. The van der Waals surface area contributed by atoms with Crippen LogP contribution in [-0.2, 0) is 11.3 Å². The maximum absolute atomic E-state index is 11.6. The van der Waals surface area contributed by atoms with Gasteiger partial charge in [-0.3, -0.25) is 4.57 Å². The van der Waals surface area contributed by atoms with Gasteiger partial charge in [0.05, 0.1) is 25.8 Å². The maximum Gasteiger partial charge on any atom is 0.350 e. The van der Waals surface area contributed by atoms with E-state index in [9.17, 15) is 4.79 Å². The van der Waals surface area contributed by atoms with Gasteiger partial charge < -0.3 is 9.64 Å². The minimum Gasteiger partial charge on any atom is -0.377 e. The number of hydrogen-bond acceptors (Lipinski definition) is 4. The molecule has 0 spiro atoms. The van der Waals surface area contributed by atoms with Gasteiger partial charge in [-0.25, -0.2) is 4.79 Å². The SMILES string of the molecule is O=c1nc(Cl)cc2n1C[C@H]1COCCN21. The van der Waals surface area contributed by atoms with Crippen molar-refractivity contribution in [2.75, 3.05) is 24.7 Å². The lowest BCUT2D eigenvalue weighted by atomic mass is 10.2. The lowest BCUT2D eigenvalue weighted by molar-refractivity contribution is 0.0956. The Morgan fingerprint density at radius 2 is 2.47 bits per heavy atom. The van der Waals surface area contributed by atoms with Crippen molar-refractivity contribution in [1.82, 2.24) is 9.55 Å². The molecular weight excluding hydrogens is 218 g/mol. The van der Waals surface area contributed by atoms with Crippen LogP contribution in [0.5, 0.6) is 0 Å². The molecule has 3 rings (SSSR count). The fourth-order valence-corrected chi connectivity index (χ4v) is 2.36.